The molecule has 2 aromatic rings. The minimum Gasteiger partial charge on any atom is -0.481 e. The first kappa shape index (κ1) is 15.4. The predicted molar refractivity (Wildman–Crippen MR) is 78.8 cm³/mol. The van der Waals surface area contributed by atoms with Crippen molar-refractivity contribution in [2.45, 2.75) is 6.42 Å². The van der Waals surface area contributed by atoms with Gasteiger partial charge in [-0.15, -0.1) is 6.58 Å². The van der Waals surface area contributed by atoms with E-state index in [2.05, 4.69) is 6.58 Å². The summed E-state index contributed by atoms with van der Waals surface area (Å²) in [7, 11) is 0. The Balaban J connectivity index is 0.000000286. The normalized spacial score (nSPS) is 9.00. The van der Waals surface area contributed by atoms with Gasteiger partial charge in [-0.3, -0.25) is 9.59 Å². The van der Waals surface area contributed by atoms with Crippen LogP contribution >= 0.6 is 0 Å². The number of carbonyl (C=O) groups is 2. The van der Waals surface area contributed by atoms with Crippen LogP contribution in [0.15, 0.2) is 73.3 Å². The summed E-state index contributed by atoms with van der Waals surface area (Å²) in [6, 6.07) is 18.6. The molecule has 0 saturated heterocycles. The van der Waals surface area contributed by atoms with E-state index < -0.39 is 5.97 Å². The molecule has 0 aromatic heterocycles. The Morgan fingerprint density at radius 2 is 1.30 bits per heavy atom. The third kappa shape index (κ3) is 5.31. The van der Waals surface area contributed by atoms with Crippen LogP contribution in [-0.2, 0) is 4.79 Å². The second-order valence-electron chi connectivity index (χ2n) is 3.95. The molecule has 0 atom stereocenters. The maximum Gasteiger partial charge on any atom is 0.307 e. The van der Waals surface area contributed by atoms with Crippen molar-refractivity contribution in [1.29, 1.82) is 0 Å². The summed E-state index contributed by atoms with van der Waals surface area (Å²) in [4.78, 5) is 21.4. The van der Waals surface area contributed by atoms with Gasteiger partial charge in [0, 0.05) is 11.1 Å². The van der Waals surface area contributed by atoms with Crippen molar-refractivity contribution in [3.63, 3.8) is 0 Å². The standard InChI is InChI=1S/C13H10O.C4H6O2/c14-13(11-7-3-1-4-8-11)12-9-5-2-6-10-12;1-2-3-4(5)6/h1-10H;2H,1,3H2,(H,5,6). The first-order valence-electron chi connectivity index (χ1n) is 6.12. The van der Waals surface area contributed by atoms with Crippen molar-refractivity contribution in [1.82, 2.24) is 0 Å². The Morgan fingerprint density at radius 1 is 0.900 bits per heavy atom. The highest BCUT2D eigenvalue weighted by Gasteiger charge is 2.06. The molecule has 0 saturated carbocycles. The molecule has 102 valence electrons. The topological polar surface area (TPSA) is 54.4 Å². The van der Waals surface area contributed by atoms with E-state index in [1.807, 2.05) is 60.7 Å². The van der Waals surface area contributed by atoms with Crippen LogP contribution in [-0.4, -0.2) is 16.9 Å². The highest BCUT2D eigenvalue weighted by atomic mass is 16.4. The Hall–Kier alpha value is -2.68. The molecule has 0 aliphatic rings. The minimum atomic E-state index is -0.829. The summed E-state index contributed by atoms with van der Waals surface area (Å²) in [6.45, 7) is 3.22. The van der Waals surface area contributed by atoms with Crippen molar-refractivity contribution >= 4 is 11.8 Å². The number of rotatable bonds is 4. The molecule has 2 aromatic carbocycles. The van der Waals surface area contributed by atoms with Gasteiger partial charge >= 0.3 is 5.97 Å². The molecule has 0 amide bonds. The van der Waals surface area contributed by atoms with Gasteiger partial charge < -0.3 is 5.11 Å². The second-order valence-corrected chi connectivity index (χ2v) is 3.95. The molecule has 0 unspecified atom stereocenters. The van der Waals surface area contributed by atoms with Crippen LogP contribution in [0, 0.1) is 0 Å². The van der Waals surface area contributed by atoms with E-state index in [0.717, 1.165) is 11.1 Å². The van der Waals surface area contributed by atoms with Gasteiger partial charge in [0.15, 0.2) is 5.78 Å². The highest BCUT2D eigenvalue weighted by Crippen LogP contribution is 2.08. The van der Waals surface area contributed by atoms with Gasteiger partial charge in [-0.2, -0.15) is 0 Å². The quantitative estimate of drug-likeness (QED) is 0.681. The smallest absolute Gasteiger partial charge is 0.307 e. The van der Waals surface area contributed by atoms with Crippen molar-refractivity contribution in [3.8, 4) is 0 Å². The van der Waals surface area contributed by atoms with Gasteiger partial charge in [0.2, 0.25) is 0 Å². The number of carboxylic acid groups (broad SMARTS) is 1. The van der Waals surface area contributed by atoms with Crippen LogP contribution in [0.1, 0.15) is 22.3 Å². The predicted octanol–water partition coefficient (Wildman–Crippen LogP) is 3.56. The van der Waals surface area contributed by atoms with E-state index in [1.54, 1.807) is 0 Å². The Morgan fingerprint density at radius 3 is 1.55 bits per heavy atom. The zero-order valence-electron chi connectivity index (χ0n) is 11.0. The van der Waals surface area contributed by atoms with Gasteiger partial charge in [-0.25, -0.2) is 0 Å². The number of ketones is 1. The molecule has 3 nitrogen and oxygen atoms in total. The number of carbonyl (C=O) groups excluding carboxylic acids is 1. The third-order valence-corrected chi connectivity index (χ3v) is 2.39. The summed E-state index contributed by atoms with van der Waals surface area (Å²) in [6.07, 6.45) is 1.41. The summed E-state index contributed by atoms with van der Waals surface area (Å²) in [5, 5.41) is 7.84. The molecule has 2 rings (SSSR count). The first-order chi connectivity index (χ1) is 9.65. The Labute approximate surface area is 118 Å². The van der Waals surface area contributed by atoms with Crippen LogP contribution in [0.4, 0.5) is 0 Å². The zero-order valence-corrected chi connectivity index (χ0v) is 11.0. The van der Waals surface area contributed by atoms with Crippen LogP contribution in [0.3, 0.4) is 0 Å². The molecule has 0 aliphatic carbocycles. The molecule has 20 heavy (non-hydrogen) atoms. The lowest BCUT2D eigenvalue weighted by Gasteiger charge is -1.99. The SMILES string of the molecule is C=CCC(=O)O.O=C(c1ccccc1)c1ccccc1. The fraction of sp³-hybridized carbons (Fsp3) is 0.0588. The largest absolute Gasteiger partial charge is 0.481 e. The van der Waals surface area contributed by atoms with Crippen LogP contribution in [0.25, 0.3) is 0 Å². The maximum atomic E-state index is 11.8. The molecule has 0 bridgehead atoms. The van der Waals surface area contributed by atoms with E-state index in [-0.39, 0.29) is 12.2 Å². The summed E-state index contributed by atoms with van der Waals surface area (Å²) in [5.41, 5.74) is 1.47. The third-order valence-electron chi connectivity index (χ3n) is 2.39. The van der Waals surface area contributed by atoms with E-state index in [1.165, 1.54) is 6.08 Å². The van der Waals surface area contributed by atoms with Crippen LogP contribution in [0.5, 0.6) is 0 Å². The highest BCUT2D eigenvalue weighted by molar-refractivity contribution is 6.08. The molecule has 0 radical (unpaired) electrons. The van der Waals surface area contributed by atoms with E-state index >= 15 is 0 Å². The van der Waals surface area contributed by atoms with Crippen molar-refractivity contribution in [2.75, 3.05) is 0 Å². The fourth-order valence-corrected chi connectivity index (χ4v) is 1.47. The number of aliphatic carboxylic acids is 1. The van der Waals surface area contributed by atoms with E-state index in [0.29, 0.717) is 0 Å². The average Bonchev–Trinajstić information content (AvgIpc) is 2.49. The number of hydrogen-bond donors (Lipinski definition) is 1. The fourth-order valence-electron chi connectivity index (χ4n) is 1.47. The van der Waals surface area contributed by atoms with Crippen molar-refractivity contribution in [3.05, 3.63) is 84.4 Å². The van der Waals surface area contributed by atoms with Crippen molar-refractivity contribution < 1.29 is 14.7 Å². The molecule has 0 aliphatic heterocycles. The Bertz CT molecular complexity index is 518. The lowest BCUT2D eigenvalue weighted by molar-refractivity contribution is -0.135. The summed E-state index contributed by atoms with van der Waals surface area (Å²) in [5.74, 6) is -0.754. The molecule has 3 heteroatoms. The van der Waals surface area contributed by atoms with Crippen LogP contribution < -0.4 is 0 Å². The van der Waals surface area contributed by atoms with E-state index in [4.69, 9.17) is 5.11 Å². The van der Waals surface area contributed by atoms with Gasteiger partial charge in [0.1, 0.15) is 0 Å². The van der Waals surface area contributed by atoms with Crippen LogP contribution in [0.2, 0.25) is 0 Å². The lowest BCUT2D eigenvalue weighted by Crippen LogP contribution is -1.99. The molecule has 1 N–H and O–H groups in total. The molecule has 0 heterocycles. The first-order valence-corrected chi connectivity index (χ1v) is 6.12. The molecular formula is C17H16O3. The average molecular weight is 268 g/mol. The zero-order chi connectivity index (χ0) is 14.8. The lowest BCUT2D eigenvalue weighted by atomic mass is 10.0. The second kappa shape index (κ2) is 8.43. The van der Waals surface area contributed by atoms with Crippen molar-refractivity contribution in [2.24, 2.45) is 0 Å². The number of carboxylic acids is 1. The van der Waals surface area contributed by atoms with Gasteiger partial charge in [0.25, 0.3) is 0 Å². The van der Waals surface area contributed by atoms with E-state index in [9.17, 15) is 9.59 Å². The van der Waals surface area contributed by atoms with Gasteiger partial charge in [-0.05, 0) is 0 Å². The Kier molecular flexibility index (Phi) is 6.48. The molecular weight excluding hydrogens is 252 g/mol. The summed E-state index contributed by atoms with van der Waals surface area (Å²) >= 11 is 0. The number of benzene rings is 2. The van der Waals surface area contributed by atoms with Gasteiger partial charge in [0.05, 0.1) is 6.42 Å². The molecule has 0 spiro atoms. The minimum absolute atomic E-state index is 0.0556. The maximum absolute atomic E-state index is 11.8. The summed E-state index contributed by atoms with van der Waals surface area (Å²) < 4.78 is 0. The molecule has 0 fully saturated rings. The van der Waals surface area contributed by atoms with Gasteiger partial charge in [-0.1, -0.05) is 66.7 Å². The monoisotopic (exact) mass is 268 g/mol. The number of hydrogen-bond acceptors (Lipinski definition) is 2.